The summed E-state index contributed by atoms with van der Waals surface area (Å²) in [6.45, 7) is 12.5. The van der Waals surface area contributed by atoms with Crippen LogP contribution >= 0.6 is 0 Å². The lowest BCUT2D eigenvalue weighted by Gasteiger charge is -2.24. The van der Waals surface area contributed by atoms with E-state index in [4.69, 9.17) is 0 Å². The first kappa shape index (κ1) is 13.8. The van der Waals surface area contributed by atoms with E-state index in [1.54, 1.807) is 12.4 Å². The molecule has 0 fully saturated rings. The van der Waals surface area contributed by atoms with Crippen molar-refractivity contribution >= 4 is 19.2 Å². The molecule has 0 atom stereocenters. The smallest absolute Gasteiger partial charge is 0.253 e. The second-order valence-corrected chi connectivity index (χ2v) is 11.3. The van der Waals surface area contributed by atoms with Crippen LogP contribution in [0.5, 0.6) is 0 Å². The van der Waals surface area contributed by atoms with Crippen LogP contribution in [-0.4, -0.2) is 29.7 Å². The first-order chi connectivity index (χ1) is 7.61. The fraction of sp³-hybridized carbons (Fsp3) is 0.583. The summed E-state index contributed by atoms with van der Waals surface area (Å²) in [4.78, 5) is 12.2. The van der Waals surface area contributed by atoms with Crippen LogP contribution in [0.4, 0.5) is 0 Å². The first-order valence-electron chi connectivity index (χ1n) is 5.75. The Balaban J connectivity index is 3.11. The Bertz CT molecular complexity index is 418. The van der Waals surface area contributed by atoms with Crippen molar-refractivity contribution in [2.45, 2.75) is 46.0 Å². The molecule has 0 aromatic carbocycles. The van der Waals surface area contributed by atoms with E-state index in [2.05, 4.69) is 35.2 Å². The van der Waals surface area contributed by atoms with Crippen molar-refractivity contribution in [2.75, 3.05) is 0 Å². The Morgan fingerprint density at radius 1 is 1.18 bits per heavy atom. The van der Waals surface area contributed by atoms with Crippen LogP contribution in [0.15, 0.2) is 12.4 Å². The van der Waals surface area contributed by atoms with Gasteiger partial charge >= 0.3 is 0 Å². The van der Waals surface area contributed by atoms with Crippen molar-refractivity contribution in [2.24, 2.45) is 0 Å². The summed E-state index contributed by atoms with van der Waals surface area (Å²) < 4.78 is 0. The number of nitrogens with zero attached hydrogens (tertiary/aromatic N) is 2. The molecule has 0 aliphatic carbocycles. The maximum absolute atomic E-state index is 12.2. The summed E-state index contributed by atoms with van der Waals surface area (Å²) in [5, 5.41) is 11.7. The average molecular weight is 251 g/mol. The molecule has 94 valence electrons. The fourth-order valence-electron chi connectivity index (χ4n) is 1.51. The SMILES string of the molecule is CC(C)(C)NC(=O)c1cnncc1[Si](C)(C)C. The van der Waals surface area contributed by atoms with Crippen molar-refractivity contribution < 1.29 is 4.79 Å². The van der Waals surface area contributed by atoms with Gasteiger partial charge in [-0.25, -0.2) is 0 Å². The molecule has 0 aliphatic heterocycles. The van der Waals surface area contributed by atoms with E-state index in [1.165, 1.54) is 0 Å². The zero-order valence-electron chi connectivity index (χ0n) is 11.5. The summed E-state index contributed by atoms with van der Waals surface area (Å²) in [6.07, 6.45) is 3.29. The van der Waals surface area contributed by atoms with Crippen molar-refractivity contribution in [3.8, 4) is 0 Å². The molecule has 4 nitrogen and oxygen atoms in total. The molecule has 0 saturated carbocycles. The van der Waals surface area contributed by atoms with Crippen LogP contribution in [0.1, 0.15) is 31.1 Å². The number of nitrogens with one attached hydrogen (secondary N) is 1. The average Bonchev–Trinajstić information content (AvgIpc) is 2.13. The summed E-state index contributed by atoms with van der Waals surface area (Å²) >= 11 is 0. The van der Waals surface area contributed by atoms with Crippen LogP contribution in [0, 0.1) is 0 Å². The largest absolute Gasteiger partial charge is 0.347 e. The molecule has 0 aliphatic rings. The van der Waals surface area contributed by atoms with E-state index >= 15 is 0 Å². The van der Waals surface area contributed by atoms with Gasteiger partial charge in [-0.15, -0.1) is 0 Å². The molecule has 0 radical (unpaired) electrons. The number of aromatic nitrogens is 2. The number of hydrogen-bond donors (Lipinski definition) is 1. The molecule has 0 bridgehead atoms. The van der Waals surface area contributed by atoms with E-state index in [9.17, 15) is 4.79 Å². The normalized spacial score (nSPS) is 12.4. The number of hydrogen-bond acceptors (Lipinski definition) is 3. The van der Waals surface area contributed by atoms with E-state index in [-0.39, 0.29) is 11.4 Å². The van der Waals surface area contributed by atoms with Gasteiger partial charge in [0.15, 0.2) is 0 Å². The third-order valence-corrected chi connectivity index (χ3v) is 4.29. The molecule has 0 unspecified atom stereocenters. The lowest BCUT2D eigenvalue weighted by molar-refractivity contribution is 0.0920. The van der Waals surface area contributed by atoms with Gasteiger partial charge in [-0.3, -0.25) is 4.79 Å². The zero-order chi connectivity index (χ0) is 13.3. The summed E-state index contributed by atoms with van der Waals surface area (Å²) in [5.41, 5.74) is 0.422. The van der Waals surface area contributed by atoms with Crippen molar-refractivity contribution in [3.05, 3.63) is 18.0 Å². The van der Waals surface area contributed by atoms with Gasteiger partial charge in [0.25, 0.3) is 5.91 Å². The second-order valence-electron chi connectivity index (χ2n) is 6.27. The first-order valence-corrected chi connectivity index (χ1v) is 9.25. The predicted octanol–water partition coefficient (Wildman–Crippen LogP) is 1.55. The standard InChI is InChI=1S/C12H21N3OSi/c1-12(2,3)15-11(16)9-7-13-14-8-10(9)17(4,5)6/h7-8H,1-6H3,(H,15,16). The third kappa shape index (κ3) is 3.92. The number of carbonyl (C=O) groups excluding carboxylic acids is 1. The second kappa shape index (κ2) is 4.56. The highest BCUT2D eigenvalue weighted by atomic mass is 28.3. The Kier molecular flexibility index (Phi) is 3.71. The van der Waals surface area contributed by atoms with Gasteiger partial charge in [-0.1, -0.05) is 19.6 Å². The molecule has 0 spiro atoms. The zero-order valence-corrected chi connectivity index (χ0v) is 12.5. The van der Waals surface area contributed by atoms with Gasteiger partial charge in [0.05, 0.1) is 19.8 Å². The molecule has 0 saturated heterocycles. The van der Waals surface area contributed by atoms with Crippen molar-refractivity contribution in [3.63, 3.8) is 0 Å². The van der Waals surface area contributed by atoms with Crippen LogP contribution < -0.4 is 10.5 Å². The molecular weight excluding hydrogens is 230 g/mol. The van der Waals surface area contributed by atoms with Gasteiger partial charge in [-0.2, -0.15) is 10.2 Å². The topological polar surface area (TPSA) is 54.9 Å². The lowest BCUT2D eigenvalue weighted by Crippen LogP contribution is -2.47. The van der Waals surface area contributed by atoms with Gasteiger partial charge in [0.2, 0.25) is 0 Å². The minimum absolute atomic E-state index is 0.0650. The Labute approximate surface area is 104 Å². The number of carbonyl (C=O) groups is 1. The minimum atomic E-state index is -1.58. The van der Waals surface area contributed by atoms with Crippen LogP contribution in [-0.2, 0) is 0 Å². The summed E-state index contributed by atoms with van der Waals surface area (Å²) in [7, 11) is -1.58. The predicted molar refractivity (Wildman–Crippen MR) is 72.2 cm³/mol. The van der Waals surface area contributed by atoms with E-state index in [0.29, 0.717) is 5.56 Å². The molecule has 1 aromatic heterocycles. The van der Waals surface area contributed by atoms with Crippen LogP contribution in [0.25, 0.3) is 0 Å². The molecule has 1 rings (SSSR count). The quantitative estimate of drug-likeness (QED) is 0.811. The van der Waals surface area contributed by atoms with Gasteiger partial charge in [0, 0.05) is 11.7 Å². The van der Waals surface area contributed by atoms with Gasteiger partial charge in [0.1, 0.15) is 0 Å². The Morgan fingerprint density at radius 2 is 1.71 bits per heavy atom. The maximum Gasteiger partial charge on any atom is 0.253 e. The van der Waals surface area contributed by atoms with Crippen molar-refractivity contribution in [1.82, 2.24) is 15.5 Å². The van der Waals surface area contributed by atoms with E-state index < -0.39 is 8.07 Å². The molecule has 1 N–H and O–H groups in total. The van der Waals surface area contributed by atoms with Gasteiger partial charge < -0.3 is 5.32 Å². The maximum atomic E-state index is 12.2. The summed E-state index contributed by atoms with van der Waals surface area (Å²) in [5.74, 6) is -0.0650. The highest BCUT2D eigenvalue weighted by molar-refractivity contribution is 6.89. The third-order valence-electron chi connectivity index (χ3n) is 2.27. The highest BCUT2D eigenvalue weighted by Gasteiger charge is 2.25. The lowest BCUT2D eigenvalue weighted by atomic mass is 10.1. The fourth-order valence-corrected chi connectivity index (χ4v) is 2.94. The number of amides is 1. The highest BCUT2D eigenvalue weighted by Crippen LogP contribution is 2.07. The van der Waals surface area contributed by atoms with Crippen LogP contribution in [0.2, 0.25) is 19.6 Å². The van der Waals surface area contributed by atoms with Gasteiger partial charge in [-0.05, 0) is 26.0 Å². The van der Waals surface area contributed by atoms with Crippen LogP contribution in [0.3, 0.4) is 0 Å². The minimum Gasteiger partial charge on any atom is -0.347 e. The molecule has 1 aromatic rings. The molecular formula is C12H21N3OSi. The molecule has 1 amide bonds. The summed E-state index contributed by atoms with van der Waals surface area (Å²) in [6, 6.07) is 0. The Morgan fingerprint density at radius 3 is 2.18 bits per heavy atom. The monoisotopic (exact) mass is 251 g/mol. The number of rotatable bonds is 2. The molecule has 1 heterocycles. The van der Waals surface area contributed by atoms with E-state index in [1.807, 2.05) is 20.8 Å². The van der Waals surface area contributed by atoms with Crippen molar-refractivity contribution in [1.29, 1.82) is 0 Å². The molecule has 17 heavy (non-hydrogen) atoms. The Hall–Kier alpha value is -1.23. The van der Waals surface area contributed by atoms with E-state index in [0.717, 1.165) is 5.19 Å². The molecule has 5 heteroatoms.